The van der Waals surface area contributed by atoms with Gasteiger partial charge in [0.1, 0.15) is 18.1 Å². The molecule has 1 saturated carbocycles. The maximum atomic E-state index is 15.2. The summed E-state index contributed by atoms with van der Waals surface area (Å²) < 4.78 is 6.07. The molecule has 1 saturated heterocycles. The number of ether oxygens (including phenoxy) is 1. The van der Waals surface area contributed by atoms with Crippen LogP contribution in [0.4, 0.5) is 0 Å². The molecule has 262 valence electrons. The van der Waals surface area contributed by atoms with E-state index in [1.165, 1.54) is 11.0 Å². The summed E-state index contributed by atoms with van der Waals surface area (Å²) in [4.78, 5) is 60.0. The molecule has 4 aromatic carbocycles. The summed E-state index contributed by atoms with van der Waals surface area (Å²) in [6, 6.07) is 33.4. The van der Waals surface area contributed by atoms with Crippen LogP contribution in [-0.2, 0) is 31.2 Å². The highest BCUT2D eigenvalue weighted by molar-refractivity contribution is 6.31. The Labute approximate surface area is 303 Å². The van der Waals surface area contributed by atoms with Gasteiger partial charge in [0, 0.05) is 34.6 Å². The van der Waals surface area contributed by atoms with E-state index >= 15 is 9.59 Å². The molecule has 1 N–H and O–H groups in total. The van der Waals surface area contributed by atoms with E-state index in [4.69, 9.17) is 4.74 Å². The van der Waals surface area contributed by atoms with E-state index < -0.39 is 40.5 Å². The van der Waals surface area contributed by atoms with Gasteiger partial charge < -0.3 is 9.84 Å². The van der Waals surface area contributed by atoms with E-state index in [9.17, 15) is 14.7 Å². The third-order valence-electron chi connectivity index (χ3n) is 11.6. The quantitative estimate of drug-likeness (QED) is 0.165. The molecule has 7 nitrogen and oxygen atoms in total. The molecule has 4 aromatic rings. The van der Waals surface area contributed by atoms with Crippen molar-refractivity contribution >= 4 is 29.0 Å². The molecule has 2 amide bonds. The molecule has 0 unspecified atom stereocenters. The second-order valence-electron chi connectivity index (χ2n) is 15.5. The lowest BCUT2D eigenvalue weighted by Gasteiger charge is -2.55. The molecule has 7 heteroatoms. The zero-order valence-corrected chi connectivity index (χ0v) is 29.5. The van der Waals surface area contributed by atoms with E-state index in [1.54, 1.807) is 18.2 Å². The first-order valence-electron chi connectivity index (χ1n) is 18.0. The van der Waals surface area contributed by atoms with E-state index in [-0.39, 0.29) is 35.6 Å². The Morgan fingerprint density at radius 3 is 2.12 bits per heavy atom. The standard InChI is InChI=1S/C45H41NO6/c1-44(2,3)46-42(50)33-22-21-31-35(39(33)43(46)51)24-36-41(49)34(28-15-9-5-10-16-28)25-38(48)45(36,29-17-11-6-12-18-29)40(31)32-20-19-30(23-37(32)47)52-26-27-13-7-4-8-14-27/h4-21,23,25,33,35-36,39-40,47H,22,24,26H2,1-3H3/t33-,35+,36-,39-,40+,45-/m0/s1. The summed E-state index contributed by atoms with van der Waals surface area (Å²) >= 11 is 0. The van der Waals surface area contributed by atoms with Crippen molar-refractivity contribution in [2.45, 2.75) is 57.1 Å². The summed E-state index contributed by atoms with van der Waals surface area (Å²) in [5.74, 6) is -3.93. The van der Waals surface area contributed by atoms with E-state index in [2.05, 4.69) is 0 Å². The van der Waals surface area contributed by atoms with Crippen LogP contribution in [0.1, 0.15) is 61.8 Å². The lowest BCUT2D eigenvalue weighted by Crippen LogP contribution is -2.59. The lowest BCUT2D eigenvalue weighted by atomic mass is 9.44. The van der Waals surface area contributed by atoms with Crippen LogP contribution < -0.4 is 4.74 Å². The van der Waals surface area contributed by atoms with Crippen LogP contribution in [0.3, 0.4) is 0 Å². The number of likely N-dealkylation sites (tertiary alicyclic amines) is 1. The van der Waals surface area contributed by atoms with Crippen LogP contribution in [0.15, 0.2) is 127 Å². The van der Waals surface area contributed by atoms with Crippen molar-refractivity contribution in [1.29, 1.82) is 0 Å². The first-order chi connectivity index (χ1) is 25.0. The summed E-state index contributed by atoms with van der Waals surface area (Å²) in [6.07, 6.45) is 4.04. The van der Waals surface area contributed by atoms with Crippen molar-refractivity contribution in [2.24, 2.45) is 23.7 Å². The Kier molecular flexibility index (Phi) is 8.13. The summed E-state index contributed by atoms with van der Waals surface area (Å²) in [7, 11) is 0. The number of allylic oxidation sites excluding steroid dienone is 4. The highest BCUT2D eigenvalue weighted by Crippen LogP contribution is 2.64. The molecule has 4 aliphatic rings. The largest absolute Gasteiger partial charge is 0.508 e. The SMILES string of the molecule is CC(C)(C)N1C(=O)[C@H]2[C@H](CC=C3[C@H]2C[C@H]2C(=O)C(c4ccccc4)=CC(=O)[C@@]2(c2ccccc2)[C@H]3c2ccc(OCc3ccccc3)cc2O)C1=O. The Hall–Kier alpha value is -5.56. The Balaban J connectivity index is 1.33. The lowest BCUT2D eigenvalue weighted by molar-refractivity contribution is -0.145. The van der Waals surface area contributed by atoms with Gasteiger partial charge in [-0.15, -0.1) is 0 Å². The van der Waals surface area contributed by atoms with Crippen LogP contribution in [0.25, 0.3) is 5.57 Å². The van der Waals surface area contributed by atoms with Gasteiger partial charge in [0.2, 0.25) is 11.8 Å². The Bertz CT molecular complexity index is 2150. The minimum Gasteiger partial charge on any atom is -0.508 e. The number of carbonyl (C=O) groups is 4. The highest BCUT2D eigenvalue weighted by atomic mass is 16.5. The summed E-state index contributed by atoms with van der Waals surface area (Å²) in [6.45, 7) is 5.88. The number of nitrogens with zero attached hydrogens (tertiary/aromatic N) is 1. The maximum absolute atomic E-state index is 15.2. The molecule has 52 heavy (non-hydrogen) atoms. The van der Waals surface area contributed by atoms with Crippen LogP contribution in [0.2, 0.25) is 0 Å². The van der Waals surface area contributed by atoms with Crippen LogP contribution in [-0.4, -0.2) is 38.9 Å². The van der Waals surface area contributed by atoms with E-state index in [0.717, 1.165) is 11.1 Å². The minimum atomic E-state index is -1.43. The number of phenols is 1. The number of phenolic OH excluding ortho intramolecular Hbond substituents is 1. The molecule has 0 radical (unpaired) electrons. The second-order valence-corrected chi connectivity index (χ2v) is 15.5. The van der Waals surface area contributed by atoms with Gasteiger partial charge in [-0.25, -0.2) is 0 Å². The predicted octanol–water partition coefficient (Wildman–Crippen LogP) is 7.59. The smallest absolute Gasteiger partial charge is 0.234 e. The maximum Gasteiger partial charge on any atom is 0.234 e. The third kappa shape index (κ3) is 5.16. The number of benzene rings is 4. The summed E-state index contributed by atoms with van der Waals surface area (Å²) in [5.41, 5.74) is 1.76. The van der Waals surface area contributed by atoms with Crippen LogP contribution >= 0.6 is 0 Å². The first-order valence-corrected chi connectivity index (χ1v) is 18.0. The fourth-order valence-corrected chi connectivity index (χ4v) is 9.48. The number of hydrogen-bond acceptors (Lipinski definition) is 6. The van der Waals surface area contributed by atoms with Gasteiger partial charge in [-0.3, -0.25) is 24.1 Å². The van der Waals surface area contributed by atoms with Gasteiger partial charge >= 0.3 is 0 Å². The van der Waals surface area contributed by atoms with Gasteiger partial charge in [0.05, 0.1) is 17.3 Å². The average Bonchev–Trinajstić information content (AvgIpc) is 3.42. The molecule has 1 aliphatic heterocycles. The monoisotopic (exact) mass is 691 g/mol. The first kappa shape index (κ1) is 33.6. The number of Topliss-reactive ketones (excluding diaryl/α,β-unsaturated/α-hetero) is 1. The van der Waals surface area contributed by atoms with Crippen molar-refractivity contribution in [3.8, 4) is 11.5 Å². The molecule has 6 atom stereocenters. The normalized spacial score (nSPS) is 27.0. The minimum absolute atomic E-state index is 0.0727. The highest BCUT2D eigenvalue weighted by Gasteiger charge is 2.66. The molecule has 0 bridgehead atoms. The number of carbonyl (C=O) groups excluding carboxylic acids is 4. The number of amides is 2. The topological polar surface area (TPSA) is 101 Å². The Morgan fingerprint density at radius 2 is 1.46 bits per heavy atom. The number of fused-ring (bicyclic) bond motifs is 4. The number of ketones is 2. The molecule has 3 aliphatic carbocycles. The molecule has 2 fully saturated rings. The zero-order chi connectivity index (χ0) is 36.4. The molecule has 0 spiro atoms. The average molecular weight is 692 g/mol. The zero-order valence-electron chi connectivity index (χ0n) is 29.5. The van der Waals surface area contributed by atoms with E-state index in [0.29, 0.717) is 41.0 Å². The number of imide groups is 1. The van der Waals surface area contributed by atoms with Crippen LogP contribution in [0, 0.1) is 23.7 Å². The van der Waals surface area contributed by atoms with Crippen molar-refractivity contribution in [2.75, 3.05) is 0 Å². The van der Waals surface area contributed by atoms with Crippen molar-refractivity contribution in [3.63, 3.8) is 0 Å². The fraction of sp³-hybridized carbons (Fsp3) is 0.289. The van der Waals surface area contributed by atoms with Gasteiger partial charge in [-0.1, -0.05) is 109 Å². The number of hydrogen-bond donors (Lipinski definition) is 1. The van der Waals surface area contributed by atoms with Gasteiger partial charge in [-0.2, -0.15) is 0 Å². The van der Waals surface area contributed by atoms with Crippen molar-refractivity contribution in [1.82, 2.24) is 4.90 Å². The molecule has 1 heterocycles. The van der Waals surface area contributed by atoms with Crippen LogP contribution in [0.5, 0.6) is 11.5 Å². The summed E-state index contributed by atoms with van der Waals surface area (Å²) in [5, 5.41) is 11.9. The van der Waals surface area contributed by atoms with Gasteiger partial charge in [0.15, 0.2) is 11.6 Å². The number of aromatic hydroxyl groups is 1. The predicted molar refractivity (Wildman–Crippen MR) is 197 cm³/mol. The van der Waals surface area contributed by atoms with Gasteiger partial charge in [0.25, 0.3) is 0 Å². The van der Waals surface area contributed by atoms with Gasteiger partial charge in [-0.05, 0) is 68.4 Å². The third-order valence-corrected chi connectivity index (χ3v) is 11.6. The molecule has 8 rings (SSSR count). The van der Waals surface area contributed by atoms with Crippen molar-refractivity contribution < 1.29 is 29.0 Å². The van der Waals surface area contributed by atoms with E-state index in [1.807, 2.05) is 118 Å². The van der Waals surface area contributed by atoms with Crippen molar-refractivity contribution in [3.05, 3.63) is 149 Å². The fourth-order valence-electron chi connectivity index (χ4n) is 9.48. The number of rotatable bonds is 6. The molecular formula is C45H41NO6. The Morgan fingerprint density at radius 1 is 0.808 bits per heavy atom. The second kappa shape index (κ2) is 12.6. The molecular weight excluding hydrogens is 650 g/mol. The molecule has 0 aromatic heterocycles.